The Morgan fingerprint density at radius 3 is 2.50 bits per heavy atom. The predicted molar refractivity (Wildman–Crippen MR) is 98.0 cm³/mol. The Hall–Kier alpha value is -2.77. The Balaban J connectivity index is 2.08. The molecule has 3 aromatic rings. The first-order chi connectivity index (χ1) is 12.4. The number of fused-ring (bicyclic) bond motifs is 1. The molecule has 26 heavy (non-hydrogen) atoms. The fourth-order valence-electron chi connectivity index (χ4n) is 2.76. The maximum atomic E-state index is 13.0. The monoisotopic (exact) mass is 370 g/mol. The average Bonchev–Trinajstić information content (AvgIpc) is 2.66. The van der Waals surface area contributed by atoms with E-state index in [9.17, 15) is 13.2 Å². The van der Waals surface area contributed by atoms with E-state index in [0.717, 1.165) is 5.56 Å². The summed E-state index contributed by atoms with van der Waals surface area (Å²) in [6.45, 7) is 1.86. The SMILES string of the molecule is COC(=O)C(NS(=O)(=O)c1ccc(C)c2ncccc12)c1ccccc1. The van der Waals surface area contributed by atoms with E-state index in [0.29, 0.717) is 16.5 Å². The molecule has 134 valence electrons. The van der Waals surface area contributed by atoms with E-state index in [1.807, 2.05) is 6.92 Å². The van der Waals surface area contributed by atoms with Crippen LogP contribution in [0.5, 0.6) is 0 Å². The third kappa shape index (κ3) is 3.44. The molecule has 1 N–H and O–H groups in total. The Kier molecular flexibility index (Phi) is 5.01. The van der Waals surface area contributed by atoms with Crippen molar-refractivity contribution in [3.05, 3.63) is 71.9 Å². The Morgan fingerprint density at radius 1 is 1.08 bits per heavy atom. The first-order valence-electron chi connectivity index (χ1n) is 7.93. The lowest BCUT2D eigenvalue weighted by atomic mass is 10.1. The van der Waals surface area contributed by atoms with Gasteiger partial charge in [-0.1, -0.05) is 36.4 Å². The lowest BCUT2D eigenvalue weighted by Gasteiger charge is -2.18. The van der Waals surface area contributed by atoms with E-state index >= 15 is 0 Å². The van der Waals surface area contributed by atoms with Gasteiger partial charge in [-0.25, -0.2) is 13.2 Å². The van der Waals surface area contributed by atoms with Crippen LogP contribution in [-0.4, -0.2) is 26.5 Å². The number of ether oxygens (including phenoxy) is 1. The highest BCUT2D eigenvalue weighted by atomic mass is 32.2. The smallest absolute Gasteiger partial charge is 0.328 e. The molecule has 0 aliphatic rings. The zero-order valence-corrected chi connectivity index (χ0v) is 15.2. The van der Waals surface area contributed by atoms with Crippen LogP contribution in [0.15, 0.2) is 65.7 Å². The van der Waals surface area contributed by atoms with E-state index in [2.05, 4.69) is 9.71 Å². The van der Waals surface area contributed by atoms with E-state index in [4.69, 9.17) is 4.74 Å². The summed E-state index contributed by atoms with van der Waals surface area (Å²) in [7, 11) is -2.78. The fraction of sp³-hybridized carbons (Fsp3) is 0.158. The number of benzene rings is 2. The Bertz CT molecular complexity index is 1050. The fourth-order valence-corrected chi connectivity index (χ4v) is 4.13. The van der Waals surface area contributed by atoms with Crippen LogP contribution in [0.4, 0.5) is 0 Å². The molecule has 1 atom stereocenters. The van der Waals surface area contributed by atoms with Gasteiger partial charge in [0.2, 0.25) is 10.0 Å². The summed E-state index contributed by atoms with van der Waals surface area (Å²) in [5.41, 5.74) is 1.97. The van der Waals surface area contributed by atoms with Crippen LogP contribution in [0.1, 0.15) is 17.2 Å². The standard InChI is InChI=1S/C19H18N2O4S/c1-13-10-11-16(15-9-6-12-20-17(13)15)26(23,24)21-18(19(22)25-2)14-7-4-3-5-8-14/h3-12,18,21H,1-2H3. The normalized spacial score (nSPS) is 12.7. The summed E-state index contributed by atoms with van der Waals surface area (Å²) in [5, 5.41) is 0.497. The predicted octanol–water partition coefficient (Wildman–Crippen LogP) is 2.74. The second kappa shape index (κ2) is 7.23. The van der Waals surface area contributed by atoms with Gasteiger partial charge in [-0.05, 0) is 36.2 Å². The van der Waals surface area contributed by atoms with Crippen LogP contribution in [0, 0.1) is 6.92 Å². The number of rotatable bonds is 5. The van der Waals surface area contributed by atoms with E-state index in [1.54, 1.807) is 54.7 Å². The molecule has 2 aromatic carbocycles. The molecule has 7 heteroatoms. The lowest BCUT2D eigenvalue weighted by molar-refractivity contribution is -0.142. The maximum Gasteiger partial charge on any atom is 0.328 e. The number of aryl methyl sites for hydroxylation is 1. The number of sulfonamides is 1. The van der Waals surface area contributed by atoms with Crippen LogP contribution < -0.4 is 4.72 Å². The van der Waals surface area contributed by atoms with Gasteiger partial charge in [0.05, 0.1) is 17.5 Å². The molecule has 0 bridgehead atoms. The second-order valence-corrected chi connectivity index (χ2v) is 7.45. The van der Waals surface area contributed by atoms with Gasteiger partial charge in [0.1, 0.15) is 6.04 Å². The Morgan fingerprint density at radius 2 is 1.81 bits per heavy atom. The molecule has 0 fully saturated rings. The topological polar surface area (TPSA) is 85.4 Å². The van der Waals surface area contributed by atoms with Gasteiger partial charge in [-0.2, -0.15) is 4.72 Å². The minimum atomic E-state index is -4.00. The number of esters is 1. The maximum absolute atomic E-state index is 13.0. The summed E-state index contributed by atoms with van der Waals surface area (Å²) in [5.74, 6) is -0.686. The number of aromatic nitrogens is 1. The number of carbonyl (C=O) groups is 1. The lowest BCUT2D eigenvalue weighted by Crippen LogP contribution is -2.34. The number of hydrogen-bond donors (Lipinski definition) is 1. The molecular weight excluding hydrogens is 352 g/mol. The molecular formula is C19H18N2O4S. The first-order valence-corrected chi connectivity index (χ1v) is 9.42. The van der Waals surface area contributed by atoms with Crippen LogP contribution in [-0.2, 0) is 19.6 Å². The molecule has 0 aliphatic heterocycles. The van der Waals surface area contributed by atoms with Gasteiger partial charge in [0, 0.05) is 11.6 Å². The highest BCUT2D eigenvalue weighted by molar-refractivity contribution is 7.89. The molecule has 6 nitrogen and oxygen atoms in total. The molecule has 0 saturated carbocycles. The zero-order valence-electron chi connectivity index (χ0n) is 14.3. The number of nitrogens with zero attached hydrogens (tertiary/aromatic N) is 1. The van der Waals surface area contributed by atoms with Crippen molar-refractivity contribution in [3.8, 4) is 0 Å². The highest BCUT2D eigenvalue weighted by Gasteiger charge is 2.29. The molecule has 1 unspecified atom stereocenters. The third-order valence-corrected chi connectivity index (χ3v) is 5.54. The summed E-state index contributed by atoms with van der Waals surface area (Å²) in [4.78, 5) is 16.5. The van der Waals surface area contributed by atoms with Crippen molar-refractivity contribution < 1.29 is 17.9 Å². The van der Waals surface area contributed by atoms with E-state index < -0.39 is 22.0 Å². The molecule has 0 spiro atoms. The molecule has 0 amide bonds. The average molecular weight is 370 g/mol. The van der Waals surface area contributed by atoms with Crippen LogP contribution in [0.3, 0.4) is 0 Å². The third-order valence-electron chi connectivity index (χ3n) is 4.06. The number of nitrogens with one attached hydrogen (secondary N) is 1. The van der Waals surface area contributed by atoms with E-state index in [-0.39, 0.29) is 4.90 Å². The summed E-state index contributed by atoms with van der Waals surface area (Å²) < 4.78 is 33.3. The van der Waals surface area contributed by atoms with E-state index in [1.165, 1.54) is 13.2 Å². The van der Waals surface area contributed by atoms with Crippen molar-refractivity contribution in [1.82, 2.24) is 9.71 Å². The second-order valence-electron chi connectivity index (χ2n) is 5.77. The number of pyridine rings is 1. The van der Waals surface area contributed by atoms with Crippen molar-refractivity contribution in [3.63, 3.8) is 0 Å². The number of hydrogen-bond acceptors (Lipinski definition) is 5. The van der Waals surface area contributed by atoms with Crippen LogP contribution in [0.25, 0.3) is 10.9 Å². The highest BCUT2D eigenvalue weighted by Crippen LogP contribution is 2.26. The van der Waals surface area contributed by atoms with Crippen LogP contribution in [0.2, 0.25) is 0 Å². The van der Waals surface area contributed by atoms with Gasteiger partial charge >= 0.3 is 5.97 Å². The summed E-state index contributed by atoms with van der Waals surface area (Å²) in [6, 6.07) is 14.0. The van der Waals surface area contributed by atoms with Gasteiger partial charge in [0.25, 0.3) is 0 Å². The largest absolute Gasteiger partial charge is 0.468 e. The van der Waals surface area contributed by atoms with Gasteiger partial charge < -0.3 is 4.74 Å². The molecule has 0 saturated heterocycles. The van der Waals surface area contributed by atoms with Gasteiger partial charge in [-0.3, -0.25) is 4.98 Å². The van der Waals surface area contributed by atoms with Crippen molar-refractivity contribution in [2.75, 3.05) is 7.11 Å². The number of carbonyl (C=O) groups excluding carboxylic acids is 1. The molecule has 1 aromatic heterocycles. The Labute approximate surface area is 151 Å². The number of methoxy groups -OCH3 is 1. The molecule has 0 radical (unpaired) electrons. The van der Waals surface area contributed by atoms with Crippen molar-refractivity contribution in [2.24, 2.45) is 0 Å². The molecule has 0 aliphatic carbocycles. The van der Waals surface area contributed by atoms with Crippen molar-refractivity contribution >= 4 is 26.9 Å². The van der Waals surface area contributed by atoms with Gasteiger partial charge in [-0.15, -0.1) is 0 Å². The first kappa shape index (κ1) is 18.0. The minimum absolute atomic E-state index is 0.0658. The summed E-state index contributed by atoms with van der Waals surface area (Å²) in [6.07, 6.45) is 1.61. The quantitative estimate of drug-likeness (QED) is 0.698. The minimum Gasteiger partial charge on any atom is -0.468 e. The van der Waals surface area contributed by atoms with Gasteiger partial charge in [0.15, 0.2) is 0 Å². The molecule has 3 rings (SSSR count). The van der Waals surface area contributed by atoms with Crippen LogP contribution >= 0.6 is 0 Å². The molecule has 1 heterocycles. The van der Waals surface area contributed by atoms with Crippen molar-refractivity contribution in [2.45, 2.75) is 17.9 Å². The summed E-state index contributed by atoms with van der Waals surface area (Å²) >= 11 is 0. The zero-order chi connectivity index (χ0) is 18.7. The van der Waals surface area contributed by atoms with Crippen molar-refractivity contribution in [1.29, 1.82) is 0 Å².